The molecule has 33 heavy (non-hydrogen) atoms. The van der Waals surface area contributed by atoms with E-state index in [-0.39, 0.29) is 11.6 Å². The van der Waals surface area contributed by atoms with Crippen LogP contribution in [0.2, 0.25) is 0 Å². The molecule has 0 bridgehead atoms. The van der Waals surface area contributed by atoms with Crippen molar-refractivity contribution in [3.63, 3.8) is 0 Å². The van der Waals surface area contributed by atoms with Crippen LogP contribution >= 0.6 is 0 Å². The van der Waals surface area contributed by atoms with Crippen molar-refractivity contribution in [3.8, 4) is 5.82 Å². The second-order valence-corrected chi connectivity index (χ2v) is 7.94. The van der Waals surface area contributed by atoms with E-state index in [0.29, 0.717) is 28.7 Å². The Balaban J connectivity index is 1.56. The van der Waals surface area contributed by atoms with E-state index in [9.17, 15) is 9.18 Å². The maximum Gasteiger partial charge on any atom is 0.255 e. The summed E-state index contributed by atoms with van der Waals surface area (Å²) < 4.78 is 15.8. The van der Waals surface area contributed by atoms with Crippen molar-refractivity contribution in [1.29, 1.82) is 0 Å². The number of rotatable bonds is 6. The van der Waals surface area contributed by atoms with Gasteiger partial charge in [0.05, 0.1) is 11.9 Å². The monoisotopic (exact) mass is 446 g/mol. The number of aromatic nitrogens is 5. The van der Waals surface area contributed by atoms with Gasteiger partial charge in [0.25, 0.3) is 5.91 Å². The number of benzene rings is 1. The summed E-state index contributed by atoms with van der Waals surface area (Å²) in [5.41, 5.74) is 6.92. The summed E-state index contributed by atoms with van der Waals surface area (Å²) in [4.78, 5) is 24.9. The summed E-state index contributed by atoms with van der Waals surface area (Å²) in [6, 6.07) is 11.9. The number of nitrogens with two attached hydrogens (primary N) is 1. The number of pyridine rings is 1. The highest BCUT2D eigenvalue weighted by atomic mass is 19.1. The van der Waals surface area contributed by atoms with E-state index < -0.39 is 5.67 Å². The molecule has 168 valence electrons. The molecule has 0 unspecified atom stereocenters. The van der Waals surface area contributed by atoms with Crippen LogP contribution in [0.3, 0.4) is 0 Å². The van der Waals surface area contributed by atoms with Gasteiger partial charge < -0.3 is 16.4 Å². The predicted molar refractivity (Wildman–Crippen MR) is 124 cm³/mol. The maximum atomic E-state index is 14.2. The Hall–Kier alpha value is -4.34. The number of carbonyl (C=O) groups is 1. The van der Waals surface area contributed by atoms with Crippen LogP contribution in [0.4, 0.5) is 27.4 Å². The second kappa shape index (κ2) is 8.65. The normalized spacial score (nSPS) is 11.3. The first-order chi connectivity index (χ1) is 15.7. The molecule has 3 aromatic heterocycles. The number of aryl methyl sites for hydroxylation is 1. The van der Waals surface area contributed by atoms with Crippen molar-refractivity contribution in [3.05, 3.63) is 78.0 Å². The Morgan fingerprint density at radius 1 is 1.06 bits per heavy atom. The second-order valence-electron chi connectivity index (χ2n) is 7.94. The molecule has 0 aliphatic heterocycles. The zero-order chi connectivity index (χ0) is 23.6. The van der Waals surface area contributed by atoms with Crippen LogP contribution in [0.5, 0.6) is 0 Å². The molecule has 9 nitrogen and oxygen atoms in total. The van der Waals surface area contributed by atoms with Gasteiger partial charge in [-0.05, 0) is 50.6 Å². The lowest BCUT2D eigenvalue weighted by Gasteiger charge is -2.15. The average molecular weight is 446 g/mol. The summed E-state index contributed by atoms with van der Waals surface area (Å²) in [6.45, 7) is 4.74. The molecule has 0 saturated heterocycles. The molecule has 3 heterocycles. The third kappa shape index (κ3) is 4.95. The number of hydrogen-bond donors (Lipinski definition) is 3. The SMILES string of the molecule is Cc1ccc(NC(=O)c2ccnc(C(C)(C)F)c2)cc1Nc1ccnn1-c1cc(N)ncn1. The quantitative estimate of drug-likeness (QED) is 0.406. The van der Waals surface area contributed by atoms with Gasteiger partial charge in [-0.3, -0.25) is 9.78 Å². The van der Waals surface area contributed by atoms with Gasteiger partial charge in [-0.25, -0.2) is 14.4 Å². The van der Waals surface area contributed by atoms with E-state index in [1.807, 2.05) is 13.0 Å². The summed E-state index contributed by atoms with van der Waals surface area (Å²) >= 11 is 0. The molecular formula is C23H23FN8O. The number of hydrogen-bond acceptors (Lipinski definition) is 7. The van der Waals surface area contributed by atoms with Crippen LogP contribution in [-0.2, 0) is 5.67 Å². The molecular weight excluding hydrogens is 423 g/mol. The molecule has 0 aliphatic rings. The number of anilines is 4. The lowest BCUT2D eigenvalue weighted by atomic mass is 10.0. The van der Waals surface area contributed by atoms with Crippen LogP contribution in [-0.4, -0.2) is 30.6 Å². The van der Waals surface area contributed by atoms with E-state index >= 15 is 0 Å². The van der Waals surface area contributed by atoms with Crippen LogP contribution < -0.4 is 16.4 Å². The van der Waals surface area contributed by atoms with Crippen molar-refractivity contribution >= 4 is 28.9 Å². The molecule has 1 aromatic carbocycles. The standard InChI is InChI=1S/C23H23FN8O/c1-14-4-5-16(30-22(33)15-6-8-26-18(10-15)23(2,3)24)11-17(14)31-20-7-9-29-32(20)21-12-19(25)27-13-28-21/h4-13,31H,1-3H3,(H,30,33)(H2,25,27,28). The topological polar surface area (TPSA) is 124 Å². The smallest absolute Gasteiger partial charge is 0.255 e. The Bertz CT molecular complexity index is 1310. The lowest BCUT2D eigenvalue weighted by molar-refractivity contribution is 0.102. The van der Waals surface area contributed by atoms with E-state index in [1.54, 1.807) is 41.2 Å². The minimum atomic E-state index is -1.64. The van der Waals surface area contributed by atoms with Gasteiger partial charge in [0, 0.05) is 35.3 Å². The molecule has 0 radical (unpaired) electrons. The van der Waals surface area contributed by atoms with Gasteiger partial charge >= 0.3 is 0 Å². The summed E-state index contributed by atoms with van der Waals surface area (Å²) in [5.74, 6) is 1.14. The van der Waals surface area contributed by atoms with Crippen LogP contribution in [0.15, 0.2) is 61.2 Å². The van der Waals surface area contributed by atoms with Crippen LogP contribution in [0.1, 0.15) is 35.5 Å². The average Bonchev–Trinajstić information content (AvgIpc) is 3.24. The molecule has 1 amide bonds. The molecule has 0 fully saturated rings. The fourth-order valence-corrected chi connectivity index (χ4v) is 3.13. The number of carbonyl (C=O) groups excluding carboxylic acids is 1. The Labute approximate surface area is 189 Å². The highest BCUT2D eigenvalue weighted by Gasteiger charge is 2.22. The van der Waals surface area contributed by atoms with Gasteiger partial charge in [0.15, 0.2) is 5.82 Å². The van der Waals surface area contributed by atoms with Crippen molar-refractivity contribution < 1.29 is 9.18 Å². The van der Waals surface area contributed by atoms with E-state index in [0.717, 1.165) is 11.3 Å². The molecule has 0 saturated carbocycles. The Morgan fingerprint density at radius 3 is 2.64 bits per heavy atom. The third-order valence-corrected chi connectivity index (χ3v) is 4.92. The number of halogens is 1. The van der Waals surface area contributed by atoms with E-state index in [4.69, 9.17) is 5.73 Å². The summed E-state index contributed by atoms with van der Waals surface area (Å²) in [7, 11) is 0. The zero-order valence-electron chi connectivity index (χ0n) is 18.4. The molecule has 0 spiro atoms. The van der Waals surface area contributed by atoms with Gasteiger partial charge in [-0.15, -0.1) is 0 Å². The highest BCUT2D eigenvalue weighted by molar-refractivity contribution is 6.04. The lowest BCUT2D eigenvalue weighted by Crippen LogP contribution is -2.16. The van der Waals surface area contributed by atoms with Crippen molar-refractivity contribution in [2.45, 2.75) is 26.4 Å². The van der Waals surface area contributed by atoms with Gasteiger partial charge in [-0.2, -0.15) is 9.78 Å². The first-order valence-corrected chi connectivity index (χ1v) is 10.2. The third-order valence-electron chi connectivity index (χ3n) is 4.92. The number of alkyl halides is 1. The zero-order valence-corrected chi connectivity index (χ0v) is 18.4. The molecule has 4 N–H and O–H groups in total. The van der Waals surface area contributed by atoms with Crippen molar-refractivity contribution in [1.82, 2.24) is 24.7 Å². The van der Waals surface area contributed by atoms with Crippen LogP contribution in [0.25, 0.3) is 5.82 Å². The first kappa shape index (κ1) is 21.9. The van der Waals surface area contributed by atoms with E-state index in [2.05, 4.69) is 30.7 Å². The minimum absolute atomic E-state index is 0.194. The number of amides is 1. The van der Waals surface area contributed by atoms with Gasteiger partial charge in [0.1, 0.15) is 23.6 Å². The molecule has 4 aromatic rings. The maximum absolute atomic E-state index is 14.2. The van der Waals surface area contributed by atoms with Gasteiger partial charge in [-0.1, -0.05) is 6.07 Å². The predicted octanol–water partition coefficient (Wildman–Crippen LogP) is 4.15. The molecule has 0 atom stereocenters. The Morgan fingerprint density at radius 2 is 1.88 bits per heavy atom. The van der Waals surface area contributed by atoms with Crippen molar-refractivity contribution in [2.75, 3.05) is 16.4 Å². The fourth-order valence-electron chi connectivity index (χ4n) is 3.13. The van der Waals surface area contributed by atoms with Crippen LogP contribution in [0, 0.1) is 6.92 Å². The Kier molecular flexibility index (Phi) is 5.74. The minimum Gasteiger partial charge on any atom is -0.384 e. The largest absolute Gasteiger partial charge is 0.384 e. The molecule has 0 aliphatic carbocycles. The summed E-state index contributed by atoms with van der Waals surface area (Å²) in [5, 5.41) is 10.5. The number of nitrogens with zero attached hydrogens (tertiary/aromatic N) is 5. The molecule has 10 heteroatoms. The first-order valence-electron chi connectivity index (χ1n) is 10.2. The van der Waals surface area contributed by atoms with Crippen molar-refractivity contribution in [2.24, 2.45) is 0 Å². The number of nitrogen functional groups attached to an aromatic ring is 1. The number of nitrogens with one attached hydrogen (secondary N) is 2. The molecule has 4 rings (SSSR count). The fraction of sp³-hybridized carbons (Fsp3) is 0.174. The highest BCUT2D eigenvalue weighted by Crippen LogP contribution is 2.27. The van der Waals surface area contributed by atoms with E-state index in [1.165, 1.54) is 32.4 Å². The summed E-state index contributed by atoms with van der Waals surface area (Å²) in [6.07, 6.45) is 4.43. The van der Waals surface area contributed by atoms with Gasteiger partial charge in [0.2, 0.25) is 0 Å².